The van der Waals surface area contributed by atoms with E-state index in [-0.39, 0.29) is 23.7 Å². The number of carbonyl (C=O) groups is 1. The van der Waals surface area contributed by atoms with Gasteiger partial charge in [0.1, 0.15) is 5.69 Å². The molecular weight excluding hydrogens is 481 g/mol. The Morgan fingerprint density at radius 3 is 2.66 bits per heavy atom. The third-order valence-corrected chi connectivity index (χ3v) is 7.00. The molecule has 0 fully saturated rings. The smallest absolute Gasteiger partial charge is 0.275 e. The first kappa shape index (κ1) is 25.4. The number of hydrogen-bond acceptors (Lipinski definition) is 5. The second kappa shape index (κ2) is 10.6. The Labute approximate surface area is 221 Å². The number of nitrogens with one attached hydrogen (secondary N) is 2. The van der Waals surface area contributed by atoms with Gasteiger partial charge in [0.2, 0.25) is 5.91 Å². The molecule has 2 aromatic carbocycles. The van der Waals surface area contributed by atoms with Gasteiger partial charge in [-0.05, 0) is 61.9 Å². The minimum Gasteiger partial charge on any atom is -0.320 e. The van der Waals surface area contributed by atoms with Crippen molar-refractivity contribution in [1.29, 1.82) is 0 Å². The Morgan fingerprint density at radius 2 is 1.87 bits per heavy atom. The molecule has 0 bridgehead atoms. The average Bonchev–Trinajstić information content (AvgIpc) is 3.26. The molecule has 7 nitrogen and oxygen atoms in total. The summed E-state index contributed by atoms with van der Waals surface area (Å²) in [5.74, 6) is -0.301. The molecule has 0 radical (unpaired) electrons. The Balaban J connectivity index is 1.56. The molecule has 38 heavy (non-hydrogen) atoms. The van der Waals surface area contributed by atoms with E-state index < -0.39 is 12.3 Å². The highest BCUT2D eigenvalue weighted by atomic mass is 19.1. The highest BCUT2D eigenvalue weighted by molar-refractivity contribution is 5.94. The summed E-state index contributed by atoms with van der Waals surface area (Å²) < 4.78 is 16.7. The number of alkyl halides is 1. The van der Waals surface area contributed by atoms with E-state index in [2.05, 4.69) is 15.6 Å². The van der Waals surface area contributed by atoms with Gasteiger partial charge in [0.05, 0.1) is 30.2 Å². The van der Waals surface area contributed by atoms with Gasteiger partial charge in [0, 0.05) is 23.9 Å². The van der Waals surface area contributed by atoms with Gasteiger partial charge in [-0.2, -0.15) is 0 Å². The fraction of sp³-hybridized carbons (Fsp3) is 0.233. The monoisotopic (exact) mass is 511 g/mol. The number of benzene rings is 2. The third-order valence-electron chi connectivity index (χ3n) is 7.00. The summed E-state index contributed by atoms with van der Waals surface area (Å²) in [4.78, 5) is 32.3. The van der Waals surface area contributed by atoms with E-state index in [9.17, 15) is 9.59 Å². The molecule has 1 aliphatic rings. The number of carbonyl (C=O) groups excluding carboxylic acids is 1. The van der Waals surface area contributed by atoms with Gasteiger partial charge in [-0.3, -0.25) is 14.6 Å². The quantitative estimate of drug-likeness (QED) is 0.349. The predicted molar refractivity (Wildman–Crippen MR) is 149 cm³/mol. The van der Waals surface area contributed by atoms with Crippen LogP contribution in [0.15, 0.2) is 83.9 Å². The van der Waals surface area contributed by atoms with Gasteiger partial charge in [0.25, 0.3) is 5.56 Å². The van der Waals surface area contributed by atoms with E-state index in [0.717, 1.165) is 27.9 Å². The largest absolute Gasteiger partial charge is 0.320 e. The van der Waals surface area contributed by atoms with E-state index in [1.165, 1.54) is 0 Å². The van der Waals surface area contributed by atoms with Gasteiger partial charge in [-0.1, -0.05) is 42.5 Å². The molecule has 1 unspecified atom stereocenters. The Kier molecular flexibility index (Phi) is 7.07. The predicted octanol–water partition coefficient (Wildman–Crippen LogP) is 4.80. The number of pyridine rings is 2. The standard InChI is InChI=1S/C30H30FN5O2/c1-19-8-4-6-10-24(19)27-13-12-25(34-29(37)20(2)32-3)30(38)35(27)18-21-14-23(17-33-16-21)36-26-11-7-5-9-22(26)15-28(36)31/h4-14,16-17,20,28,32H,15,18H2,1-3H3,(H,34,37)/t20?,28-/m1/s1. The van der Waals surface area contributed by atoms with Crippen LogP contribution in [0.1, 0.15) is 23.6 Å². The lowest BCUT2D eigenvalue weighted by Gasteiger charge is -2.23. The van der Waals surface area contributed by atoms with E-state index in [4.69, 9.17) is 0 Å². The van der Waals surface area contributed by atoms with Gasteiger partial charge in [-0.15, -0.1) is 0 Å². The van der Waals surface area contributed by atoms with E-state index in [1.54, 1.807) is 41.9 Å². The number of aromatic nitrogens is 2. The summed E-state index contributed by atoms with van der Waals surface area (Å²) in [6.45, 7) is 3.91. The molecule has 0 aliphatic carbocycles. The molecule has 194 valence electrons. The first-order valence-corrected chi connectivity index (χ1v) is 12.6. The lowest BCUT2D eigenvalue weighted by molar-refractivity contribution is -0.117. The number of nitrogens with zero attached hydrogens (tertiary/aromatic N) is 3. The summed E-state index contributed by atoms with van der Waals surface area (Å²) in [6.07, 6.45) is 2.44. The van der Waals surface area contributed by atoms with Crippen LogP contribution in [-0.4, -0.2) is 34.8 Å². The van der Waals surface area contributed by atoms with Gasteiger partial charge < -0.3 is 20.1 Å². The molecule has 4 aromatic rings. The molecule has 3 heterocycles. The molecule has 0 saturated carbocycles. The van der Waals surface area contributed by atoms with E-state index in [1.807, 2.05) is 67.6 Å². The van der Waals surface area contributed by atoms with Crippen molar-refractivity contribution in [3.8, 4) is 11.3 Å². The van der Waals surface area contributed by atoms with Crippen molar-refractivity contribution in [2.45, 2.75) is 39.2 Å². The van der Waals surface area contributed by atoms with Crippen molar-refractivity contribution in [1.82, 2.24) is 14.9 Å². The molecule has 0 spiro atoms. The van der Waals surface area contributed by atoms with Crippen LogP contribution >= 0.6 is 0 Å². The van der Waals surface area contributed by atoms with Gasteiger partial charge >= 0.3 is 0 Å². The van der Waals surface area contributed by atoms with Crippen LogP contribution in [0.5, 0.6) is 0 Å². The topological polar surface area (TPSA) is 79.3 Å². The second-order valence-corrected chi connectivity index (χ2v) is 9.53. The van der Waals surface area contributed by atoms with Crippen LogP contribution in [0.4, 0.5) is 21.5 Å². The number of likely N-dealkylation sites (N-methyl/N-ethyl adjacent to an activating group) is 1. The summed E-state index contributed by atoms with van der Waals surface area (Å²) in [5.41, 5.74) is 5.63. The summed E-state index contributed by atoms with van der Waals surface area (Å²) >= 11 is 0. The first-order valence-electron chi connectivity index (χ1n) is 12.6. The Bertz CT molecular complexity index is 1550. The third kappa shape index (κ3) is 4.82. The molecular formula is C30H30FN5O2. The summed E-state index contributed by atoms with van der Waals surface area (Å²) in [6, 6.07) is 20.4. The molecule has 5 rings (SSSR count). The SMILES string of the molecule is CNC(C)C(=O)Nc1ccc(-c2ccccc2C)n(Cc2cncc(N3c4ccccc4C[C@@H]3F)c2)c1=O. The van der Waals surface area contributed by atoms with E-state index in [0.29, 0.717) is 17.8 Å². The van der Waals surface area contributed by atoms with Crippen molar-refractivity contribution < 1.29 is 9.18 Å². The number of fused-ring (bicyclic) bond motifs is 1. The highest BCUT2D eigenvalue weighted by Crippen LogP contribution is 2.38. The van der Waals surface area contributed by atoms with Crippen LogP contribution < -0.4 is 21.1 Å². The zero-order chi connectivity index (χ0) is 26.8. The molecule has 2 aromatic heterocycles. The fourth-order valence-corrected chi connectivity index (χ4v) is 4.82. The minimum absolute atomic E-state index is 0.191. The normalized spacial score (nSPS) is 15.3. The zero-order valence-corrected chi connectivity index (χ0v) is 21.6. The van der Waals surface area contributed by atoms with Crippen LogP contribution in [0.2, 0.25) is 0 Å². The number of hydrogen-bond donors (Lipinski definition) is 2. The number of anilines is 3. The van der Waals surface area contributed by atoms with Crippen molar-refractivity contribution >= 4 is 23.0 Å². The first-order chi connectivity index (χ1) is 18.4. The average molecular weight is 512 g/mol. The fourth-order valence-electron chi connectivity index (χ4n) is 4.82. The maximum Gasteiger partial charge on any atom is 0.275 e. The molecule has 0 saturated heterocycles. The number of aryl methyl sites for hydroxylation is 1. The van der Waals surface area contributed by atoms with Gasteiger partial charge in [0.15, 0.2) is 6.30 Å². The molecule has 1 aliphatic heterocycles. The number of para-hydroxylation sites is 1. The van der Waals surface area contributed by atoms with Crippen LogP contribution in [-0.2, 0) is 17.8 Å². The van der Waals surface area contributed by atoms with Crippen molar-refractivity contribution in [2.24, 2.45) is 0 Å². The maximum atomic E-state index is 15.1. The minimum atomic E-state index is -1.19. The van der Waals surface area contributed by atoms with Crippen molar-refractivity contribution in [3.05, 3.63) is 106 Å². The lowest BCUT2D eigenvalue weighted by Crippen LogP contribution is -2.37. The highest BCUT2D eigenvalue weighted by Gasteiger charge is 2.30. The number of halogens is 1. The van der Waals surface area contributed by atoms with Gasteiger partial charge in [-0.25, -0.2) is 4.39 Å². The van der Waals surface area contributed by atoms with Crippen molar-refractivity contribution in [3.63, 3.8) is 0 Å². The van der Waals surface area contributed by atoms with Crippen LogP contribution in [0.25, 0.3) is 11.3 Å². The molecule has 2 atom stereocenters. The van der Waals surface area contributed by atoms with Crippen LogP contribution in [0, 0.1) is 6.92 Å². The molecule has 1 amide bonds. The lowest BCUT2D eigenvalue weighted by atomic mass is 10.0. The molecule has 2 N–H and O–H groups in total. The Morgan fingerprint density at radius 1 is 1.11 bits per heavy atom. The number of amides is 1. The molecule has 8 heteroatoms. The van der Waals surface area contributed by atoms with Crippen LogP contribution in [0.3, 0.4) is 0 Å². The summed E-state index contributed by atoms with van der Waals surface area (Å²) in [5, 5.41) is 5.63. The number of rotatable bonds is 7. The Hall–Kier alpha value is -4.30. The zero-order valence-electron chi connectivity index (χ0n) is 21.6. The maximum absolute atomic E-state index is 15.1. The second-order valence-electron chi connectivity index (χ2n) is 9.53. The summed E-state index contributed by atoms with van der Waals surface area (Å²) in [7, 11) is 1.69. The van der Waals surface area contributed by atoms with Crippen molar-refractivity contribution in [2.75, 3.05) is 17.3 Å². The van der Waals surface area contributed by atoms with E-state index >= 15 is 4.39 Å².